The number of benzene rings is 1. The molecule has 19 heavy (non-hydrogen) atoms. The van der Waals surface area contributed by atoms with Crippen molar-refractivity contribution in [2.45, 2.75) is 32.9 Å². The highest BCUT2D eigenvalue weighted by Gasteiger charge is 2.18. The Labute approximate surface area is 115 Å². The standard InChI is InChI=1S/C16H22N2O/c1-2-19-13-16-5-3-4-15(10-16)12-18-8-6-14(11-17)7-9-18/h3-5,10,14H,2,6-9,12-13H2,1H3. The third kappa shape index (κ3) is 4.34. The fraction of sp³-hybridized carbons (Fsp3) is 0.562. The first-order valence-electron chi connectivity index (χ1n) is 7.09. The molecule has 0 aromatic heterocycles. The zero-order chi connectivity index (χ0) is 13.5. The van der Waals surface area contributed by atoms with Gasteiger partial charge in [-0.05, 0) is 44.0 Å². The van der Waals surface area contributed by atoms with Crippen LogP contribution < -0.4 is 0 Å². The molecule has 0 spiro atoms. The van der Waals surface area contributed by atoms with Gasteiger partial charge in [-0.3, -0.25) is 4.90 Å². The Kier molecular flexibility index (Phi) is 5.38. The molecular weight excluding hydrogens is 236 g/mol. The van der Waals surface area contributed by atoms with E-state index in [1.807, 2.05) is 6.92 Å². The van der Waals surface area contributed by atoms with Gasteiger partial charge in [0.05, 0.1) is 12.7 Å². The number of likely N-dealkylation sites (tertiary alicyclic amines) is 1. The molecule has 0 atom stereocenters. The summed E-state index contributed by atoms with van der Waals surface area (Å²) in [5, 5.41) is 8.90. The summed E-state index contributed by atoms with van der Waals surface area (Å²) in [6.07, 6.45) is 2.02. The first-order valence-corrected chi connectivity index (χ1v) is 7.09. The van der Waals surface area contributed by atoms with E-state index >= 15 is 0 Å². The van der Waals surface area contributed by atoms with Crippen molar-refractivity contribution in [1.29, 1.82) is 5.26 Å². The summed E-state index contributed by atoms with van der Waals surface area (Å²) >= 11 is 0. The average molecular weight is 258 g/mol. The Balaban J connectivity index is 1.87. The summed E-state index contributed by atoms with van der Waals surface area (Å²) in [5.74, 6) is 0.264. The molecule has 1 fully saturated rings. The van der Waals surface area contributed by atoms with Gasteiger partial charge in [0.1, 0.15) is 0 Å². The molecule has 0 N–H and O–H groups in total. The Bertz CT molecular complexity index is 431. The molecule has 0 amide bonds. The van der Waals surface area contributed by atoms with Gasteiger partial charge < -0.3 is 4.74 Å². The summed E-state index contributed by atoms with van der Waals surface area (Å²) < 4.78 is 5.44. The minimum Gasteiger partial charge on any atom is -0.377 e. The van der Waals surface area contributed by atoms with Gasteiger partial charge >= 0.3 is 0 Å². The van der Waals surface area contributed by atoms with Crippen molar-refractivity contribution in [2.75, 3.05) is 19.7 Å². The van der Waals surface area contributed by atoms with Crippen molar-refractivity contribution >= 4 is 0 Å². The zero-order valence-corrected chi connectivity index (χ0v) is 11.6. The van der Waals surface area contributed by atoms with Crippen LogP contribution >= 0.6 is 0 Å². The third-order valence-electron chi connectivity index (χ3n) is 3.64. The van der Waals surface area contributed by atoms with Gasteiger partial charge in [-0.1, -0.05) is 24.3 Å². The number of rotatable bonds is 5. The normalized spacial score (nSPS) is 17.3. The predicted octanol–water partition coefficient (Wildman–Crippen LogP) is 2.96. The van der Waals surface area contributed by atoms with Crippen LogP contribution in [0.2, 0.25) is 0 Å². The number of nitrogens with zero attached hydrogens (tertiary/aromatic N) is 2. The lowest BCUT2D eigenvalue weighted by atomic mass is 9.98. The highest BCUT2D eigenvalue weighted by atomic mass is 16.5. The van der Waals surface area contributed by atoms with Crippen LogP contribution in [-0.2, 0) is 17.9 Å². The number of ether oxygens (including phenoxy) is 1. The monoisotopic (exact) mass is 258 g/mol. The van der Waals surface area contributed by atoms with E-state index < -0.39 is 0 Å². The van der Waals surface area contributed by atoms with E-state index in [0.29, 0.717) is 6.61 Å². The Morgan fingerprint density at radius 2 is 2.05 bits per heavy atom. The molecule has 1 aromatic rings. The van der Waals surface area contributed by atoms with Crippen molar-refractivity contribution in [3.05, 3.63) is 35.4 Å². The second kappa shape index (κ2) is 7.28. The molecule has 0 unspecified atom stereocenters. The second-order valence-electron chi connectivity index (χ2n) is 5.14. The van der Waals surface area contributed by atoms with Gasteiger partial charge in [-0.15, -0.1) is 0 Å². The van der Waals surface area contributed by atoms with Crippen molar-refractivity contribution < 1.29 is 4.74 Å². The molecule has 1 heterocycles. The molecule has 0 radical (unpaired) electrons. The molecule has 1 aromatic carbocycles. The lowest BCUT2D eigenvalue weighted by Crippen LogP contribution is -2.32. The Morgan fingerprint density at radius 1 is 1.32 bits per heavy atom. The van der Waals surface area contributed by atoms with Gasteiger partial charge in [0, 0.05) is 19.1 Å². The molecule has 1 aliphatic rings. The van der Waals surface area contributed by atoms with Crippen LogP contribution in [0.4, 0.5) is 0 Å². The van der Waals surface area contributed by atoms with Gasteiger partial charge in [-0.2, -0.15) is 5.26 Å². The highest BCUT2D eigenvalue weighted by Crippen LogP contribution is 2.18. The molecule has 3 nitrogen and oxygen atoms in total. The fourth-order valence-corrected chi connectivity index (χ4v) is 2.52. The lowest BCUT2D eigenvalue weighted by Gasteiger charge is -2.29. The van der Waals surface area contributed by atoms with Crippen LogP contribution in [0.25, 0.3) is 0 Å². The molecule has 0 saturated carbocycles. The SMILES string of the molecule is CCOCc1cccc(CN2CCC(C#N)CC2)c1. The highest BCUT2D eigenvalue weighted by molar-refractivity contribution is 5.23. The quantitative estimate of drug-likeness (QED) is 0.814. The second-order valence-corrected chi connectivity index (χ2v) is 5.14. The molecule has 1 aliphatic heterocycles. The smallest absolute Gasteiger partial charge is 0.0716 e. The van der Waals surface area contributed by atoms with E-state index in [-0.39, 0.29) is 5.92 Å². The zero-order valence-electron chi connectivity index (χ0n) is 11.6. The predicted molar refractivity (Wildman–Crippen MR) is 75.4 cm³/mol. The fourth-order valence-electron chi connectivity index (χ4n) is 2.52. The molecule has 3 heteroatoms. The summed E-state index contributed by atoms with van der Waals surface area (Å²) in [5.41, 5.74) is 2.58. The van der Waals surface area contributed by atoms with Crippen LogP contribution in [0, 0.1) is 17.2 Å². The first-order chi connectivity index (χ1) is 9.31. The van der Waals surface area contributed by atoms with E-state index in [0.717, 1.165) is 39.1 Å². The topological polar surface area (TPSA) is 36.3 Å². The van der Waals surface area contributed by atoms with Gasteiger partial charge in [-0.25, -0.2) is 0 Å². The summed E-state index contributed by atoms with van der Waals surface area (Å²) in [7, 11) is 0. The minimum absolute atomic E-state index is 0.264. The molecule has 2 rings (SSSR count). The van der Waals surface area contributed by atoms with E-state index in [4.69, 9.17) is 10.00 Å². The minimum atomic E-state index is 0.264. The number of nitriles is 1. The summed E-state index contributed by atoms with van der Waals surface area (Å²) in [6.45, 7) is 6.52. The third-order valence-corrected chi connectivity index (χ3v) is 3.64. The van der Waals surface area contributed by atoms with Crippen LogP contribution in [0.3, 0.4) is 0 Å². The van der Waals surface area contributed by atoms with Crippen molar-refractivity contribution in [1.82, 2.24) is 4.90 Å². The van der Waals surface area contributed by atoms with E-state index in [1.54, 1.807) is 0 Å². The summed E-state index contributed by atoms with van der Waals surface area (Å²) in [6, 6.07) is 11.0. The lowest BCUT2D eigenvalue weighted by molar-refractivity contribution is 0.134. The van der Waals surface area contributed by atoms with E-state index in [9.17, 15) is 0 Å². The van der Waals surface area contributed by atoms with Crippen molar-refractivity contribution in [3.8, 4) is 6.07 Å². The van der Waals surface area contributed by atoms with Crippen LogP contribution in [0.5, 0.6) is 0 Å². The first kappa shape index (κ1) is 14.0. The maximum Gasteiger partial charge on any atom is 0.0716 e. The largest absolute Gasteiger partial charge is 0.377 e. The summed E-state index contributed by atoms with van der Waals surface area (Å²) in [4.78, 5) is 2.44. The van der Waals surface area contributed by atoms with Crippen LogP contribution in [0.1, 0.15) is 30.9 Å². The molecule has 0 aliphatic carbocycles. The van der Waals surface area contributed by atoms with Crippen LogP contribution in [0.15, 0.2) is 24.3 Å². The van der Waals surface area contributed by atoms with Crippen LogP contribution in [-0.4, -0.2) is 24.6 Å². The Hall–Kier alpha value is -1.37. The maximum atomic E-state index is 8.90. The number of hydrogen-bond donors (Lipinski definition) is 0. The maximum absolute atomic E-state index is 8.90. The van der Waals surface area contributed by atoms with Gasteiger partial charge in [0.15, 0.2) is 0 Å². The van der Waals surface area contributed by atoms with E-state index in [2.05, 4.69) is 35.2 Å². The van der Waals surface area contributed by atoms with E-state index in [1.165, 1.54) is 11.1 Å². The van der Waals surface area contributed by atoms with Crippen molar-refractivity contribution in [3.63, 3.8) is 0 Å². The van der Waals surface area contributed by atoms with Gasteiger partial charge in [0.2, 0.25) is 0 Å². The van der Waals surface area contributed by atoms with Crippen molar-refractivity contribution in [2.24, 2.45) is 5.92 Å². The number of hydrogen-bond acceptors (Lipinski definition) is 3. The van der Waals surface area contributed by atoms with Gasteiger partial charge in [0.25, 0.3) is 0 Å². The molecule has 0 bridgehead atoms. The molecule has 1 saturated heterocycles. The molecule has 102 valence electrons. The average Bonchev–Trinajstić information content (AvgIpc) is 2.46. The Morgan fingerprint density at radius 3 is 2.74 bits per heavy atom. The molecular formula is C16H22N2O. The number of piperidine rings is 1.